The summed E-state index contributed by atoms with van der Waals surface area (Å²) in [6, 6.07) is 0. The van der Waals surface area contributed by atoms with Crippen LogP contribution in [-0.4, -0.2) is 18.5 Å². The average molecular weight is 182 g/mol. The summed E-state index contributed by atoms with van der Waals surface area (Å²) in [5.74, 6) is 0.888. The van der Waals surface area contributed by atoms with Gasteiger partial charge in [0, 0.05) is 19.4 Å². The normalized spacial score (nSPS) is 26.5. The predicted octanol–water partition coefficient (Wildman–Crippen LogP) is 2.34. The Labute approximate surface area is 80.0 Å². The molecule has 0 radical (unpaired) electrons. The van der Waals surface area contributed by atoms with Gasteiger partial charge in [0.2, 0.25) is 0 Å². The predicted molar refractivity (Wildman–Crippen MR) is 52.6 cm³/mol. The Morgan fingerprint density at radius 2 is 2.31 bits per heavy atom. The van der Waals surface area contributed by atoms with E-state index in [1.165, 1.54) is 0 Å². The van der Waals surface area contributed by atoms with E-state index in [4.69, 9.17) is 4.74 Å². The van der Waals surface area contributed by atoms with Gasteiger partial charge in [0.1, 0.15) is 5.78 Å². The van der Waals surface area contributed by atoms with E-state index in [0.29, 0.717) is 24.2 Å². The van der Waals surface area contributed by atoms with Crippen molar-refractivity contribution in [1.82, 2.24) is 0 Å². The summed E-state index contributed by atoms with van der Waals surface area (Å²) in [5.41, 5.74) is 0. The van der Waals surface area contributed by atoms with Crippen LogP contribution in [0.2, 0.25) is 0 Å². The lowest BCUT2D eigenvalue weighted by atomic mass is 9.79. The third kappa shape index (κ3) is 3.31. The van der Waals surface area contributed by atoms with Crippen molar-refractivity contribution >= 4 is 5.78 Å². The molecule has 0 heterocycles. The van der Waals surface area contributed by atoms with Gasteiger partial charge >= 0.3 is 0 Å². The molecular formula is C11H18O2. The van der Waals surface area contributed by atoms with Crippen molar-refractivity contribution in [3.05, 3.63) is 12.7 Å². The average Bonchev–Trinajstić information content (AvgIpc) is 2.01. The second kappa shape index (κ2) is 5.18. The fraction of sp³-hybridized carbons (Fsp3) is 0.727. The molecule has 0 aromatic rings. The summed E-state index contributed by atoms with van der Waals surface area (Å²) in [5, 5.41) is 0. The van der Waals surface area contributed by atoms with E-state index in [1.807, 2.05) is 6.92 Å². The van der Waals surface area contributed by atoms with Gasteiger partial charge in [-0.25, -0.2) is 0 Å². The fourth-order valence-electron chi connectivity index (χ4n) is 1.78. The number of carbonyl (C=O) groups is 1. The van der Waals surface area contributed by atoms with Gasteiger partial charge in [0.05, 0.1) is 6.10 Å². The standard InChI is InChI=1S/C11H18O2/c1-3-5-10(12)6-9-7-11(8-9)13-4-2/h3,9,11H,1,4-8H2,2H3. The molecule has 0 saturated heterocycles. The molecule has 0 aromatic heterocycles. The maximum atomic E-state index is 11.2. The van der Waals surface area contributed by atoms with Gasteiger partial charge in [-0.15, -0.1) is 6.58 Å². The van der Waals surface area contributed by atoms with Gasteiger partial charge in [0.25, 0.3) is 0 Å². The van der Waals surface area contributed by atoms with Gasteiger partial charge < -0.3 is 4.74 Å². The Kier molecular flexibility index (Phi) is 4.16. The van der Waals surface area contributed by atoms with Crippen molar-refractivity contribution in [1.29, 1.82) is 0 Å². The number of rotatable bonds is 6. The fourth-order valence-corrected chi connectivity index (χ4v) is 1.78. The molecular weight excluding hydrogens is 164 g/mol. The lowest BCUT2D eigenvalue weighted by Gasteiger charge is -2.34. The molecule has 1 rings (SSSR count). The van der Waals surface area contributed by atoms with E-state index < -0.39 is 0 Å². The molecule has 2 heteroatoms. The maximum Gasteiger partial charge on any atom is 0.136 e. The molecule has 1 saturated carbocycles. The molecule has 0 spiro atoms. The Morgan fingerprint density at radius 1 is 1.62 bits per heavy atom. The van der Waals surface area contributed by atoms with Crippen LogP contribution in [0.4, 0.5) is 0 Å². The van der Waals surface area contributed by atoms with Crippen LogP contribution in [0.3, 0.4) is 0 Å². The minimum absolute atomic E-state index is 0.315. The smallest absolute Gasteiger partial charge is 0.136 e. The number of carbonyl (C=O) groups excluding carboxylic acids is 1. The van der Waals surface area contributed by atoms with Crippen molar-refractivity contribution < 1.29 is 9.53 Å². The first-order chi connectivity index (χ1) is 6.26. The van der Waals surface area contributed by atoms with Crippen LogP contribution in [-0.2, 0) is 9.53 Å². The molecule has 0 unspecified atom stereocenters. The van der Waals surface area contributed by atoms with Crippen molar-refractivity contribution in [2.75, 3.05) is 6.61 Å². The highest BCUT2D eigenvalue weighted by Gasteiger charge is 2.30. The van der Waals surface area contributed by atoms with Gasteiger partial charge in [-0.2, -0.15) is 0 Å². The van der Waals surface area contributed by atoms with Gasteiger partial charge in [-0.3, -0.25) is 4.79 Å². The number of ketones is 1. The monoisotopic (exact) mass is 182 g/mol. The minimum atomic E-state index is 0.315. The zero-order valence-electron chi connectivity index (χ0n) is 8.29. The summed E-state index contributed by atoms with van der Waals surface area (Å²) >= 11 is 0. The molecule has 0 N–H and O–H groups in total. The first kappa shape index (κ1) is 10.5. The van der Waals surface area contributed by atoms with Crippen LogP contribution in [0.1, 0.15) is 32.6 Å². The summed E-state index contributed by atoms with van der Waals surface area (Å²) in [4.78, 5) is 11.2. The van der Waals surface area contributed by atoms with E-state index in [2.05, 4.69) is 6.58 Å². The van der Waals surface area contributed by atoms with Crippen LogP contribution in [0.15, 0.2) is 12.7 Å². The molecule has 0 atom stereocenters. The van der Waals surface area contributed by atoms with Crippen molar-refractivity contribution in [3.8, 4) is 0 Å². The molecule has 1 aliphatic carbocycles. The van der Waals surface area contributed by atoms with Crippen molar-refractivity contribution in [3.63, 3.8) is 0 Å². The number of hydrogen-bond donors (Lipinski definition) is 0. The molecule has 74 valence electrons. The second-order valence-electron chi connectivity index (χ2n) is 3.65. The van der Waals surface area contributed by atoms with E-state index in [-0.39, 0.29) is 0 Å². The van der Waals surface area contributed by atoms with E-state index in [0.717, 1.165) is 25.9 Å². The van der Waals surface area contributed by atoms with E-state index >= 15 is 0 Å². The van der Waals surface area contributed by atoms with E-state index in [1.54, 1.807) is 6.08 Å². The molecule has 13 heavy (non-hydrogen) atoms. The summed E-state index contributed by atoms with van der Waals surface area (Å²) < 4.78 is 5.42. The number of Topliss-reactive ketones (excluding diaryl/α,β-unsaturated/α-hetero) is 1. The van der Waals surface area contributed by atoms with Crippen LogP contribution in [0.5, 0.6) is 0 Å². The van der Waals surface area contributed by atoms with Crippen LogP contribution >= 0.6 is 0 Å². The third-order valence-electron chi connectivity index (χ3n) is 2.48. The zero-order chi connectivity index (χ0) is 9.68. The van der Waals surface area contributed by atoms with Gasteiger partial charge in [0.15, 0.2) is 0 Å². The van der Waals surface area contributed by atoms with Crippen molar-refractivity contribution in [2.45, 2.75) is 38.7 Å². The Morgan fingerprint density at radius 3 is 2.85 bits per heavy atom. The first-order valence-electron chi connectivity index (χ1n) is 5.00. The molecule has 0 amide bonds. The number of hydrogen-bond acceptors (Lipinski definition) is 2. The largest absolute Gasteiger partial charge is 0.378 e. The lowest BCUT2D eigenvalue weighted by Crippen LogP contribution is -2.32. The third-order valence-corrected chi connectivity index (χ3v) is 2.48. The molecule has 0 aliphatic heterocycles. The molecule has 1 fully saturated rings. The summed E-state index contributed by atoms with van der Waals surface area (Å²) in [7, 11) is 0. The van der Waals surface area contributed by atoms with Gasteiger partial charge in [-0.05, 0) is 25.7 Å². The summed E-state index contributed by atoms with van der Waals surface area (Å²) in [6.07, 6.45) is 5.48. The molecule has 0 bridgehead atoms. The quantitative estimate of drug-likeness (QED) is 0.589. The molecule has 2 nitrogen and oxygen atoms in total. The highest BCUT2D eigenvalue weighted by atomic mass is 16.5. The first-order valence-corrected chi connectivity index (χ1v) is 5.00. The summed E-state index contributed by atoms with van der Waals surface area (Å²) in [6.45, 7) is 6.35. The molecule has 0 aromatic carbocycles. The van der Waals surface area contributed by atoms with Crippen LogP contribution < -0.4 is 0 Å². The Balaban J connectivity index is 2.07. The highest BCUT2D eigenvalue weighted by molar-refractivity contribution is 5.80. The topological polar surface area (TPSA) is 26.3 Å². The van der Waals surface area contributed by atoms with E-state index in [9.17, 15) is 4.79 Å². The van der Waals surface area contributed by atoms with Gasteiger partial charge in [-0.1, -0.05) is 6.08 Å². The Bertz CT molecular complexity index is 181. The second-order valence-corrected chi connectivity index (χ2v) is 3.65. The minimum Gasteiger partial charge on any atom is -0.378 e. The van der Waals surface area contributed by atoms with Crippen LogP contribution in [0.25, 0.3) is 0 Å². The SMILES string of the molecule is C=CCC(=O)CC1CC(OCC)C1. The Hall–Kier alpha value is -0.630. The maximum absolute atomic E-state index is 11.2. The molecule has 1 aliphatic rings. The lowest BCUT2D eigenvalue weighted by molar-refractivity contribution is -0.121. The number of allylic oxidation sites excluding steroid dienone is 1. The van der Waals surface area contributed by atoms with Crippen molar-refractivity contribution in [2.24, 2.45) is 5.92 Å². The number of ether oxygens (including phenoxy) is 1. The zero-order valence-corrected chi connectivity index (χ0v) is 8.29. The highest BCUT2D eigenvalue weighted by Crippen LogP contribution is 2.32. The van der Waals surface area contributed by atoms with Crippen LogP contribution in [0, 0.1) is 5.92 Å².